The predicted molar refractivity (Wildman–Crippen MR) is 259 cm³/mol. The van der Waals surface area contributed by atoms with Crippen LogP contribution in [0.2, 0.25) is 0 Å². The standard InChI is InChI=1S/C51H67N9O7S/c1-9-59-39-17-16-31-22-34(39)35(45(59)33-12-10-19-52-41(33)29(4)66-8)24-51(5,6)27-67-50(65)36-13-11-20-60(56-36)48(63)37(23-40-53-38(31)26-68-40)54-46(61)44(28(2)3)57(7)47(62)32-18-21-58(25-32)49(64)43-42(55-43)30-14-15-30/h10,12,16-17,19,22,26,28-30,32,36-37,42-44,55-56H,9,11,13-15,18,20-21,23-25,27H2,1-8H3,(H,54,61)/t29-,32-,36-,37-,42+,43+,44?/m0/s1. The molecular weight excluding hydrogens is 883 g/mol. The number of likely N-dealkylation sites (N-methyl/N-ethyl adjacent to an activating group) is 1. The fourth-order valence-corrected chi connectivity index (χ4v) is 11.6. The molecule has 1 unspecified atom stereocenters. The van der Waals surface area contributed by atoms with Crippen molar-refractivity contribution < 1.29 is 33.4 Å². The molecule has 4 amide bonds. The van der Waals surface area contributed by atoms with Gasteiger partial charge in [0.2, 0.25) is 17.7 Å². The zero-order valence-corrected chi connectivity index (χ0v) is 41.5. The molecule has 6 bridgehead atoms. The lowest BCUT2D eigenvalue weighted by atomic mass is 9.84. The van der Waals surface area contributed by atoms with E-state index in [1.165, 1.54) is 21.2 Å². The van der Waals surface area contributed by atoms with Gasteiger partial charge in [-0.3, -0.25) is 39.3 Å². The number of esters is 1. The van der Waals surface area contributed by atoms with Gasteiger partial charge in [0, 0.05) is 91.8 Å². The number of hydrazine groups is 1. The van der Waals surface area contributed by atoms with E-state index in [2.05, 4.69) is 65.7 Å². The van der Waals surface area contributed by atoms with E-state index < -0.39 is 47.2 Å². The number of ether oxygens (including phenoxy) is 2. The Kier molecular flexibility index (Phi) is 13.6. The Labute approximate surface area is 402 Å². The first-order chi connectivity index (χ1) is 32.6. The number of carbonyl (C=O) groups is 5. The van der Waals surface area contributed by atoms with E-state index in [0.29, 0.717) is 62.8 Å². The molecule has 7 atom stereocenters. The Bertz CT molecular complexity index is 2590. The zero-order chi connectivity index (χ0) is 48.2. The SMILES string of the molecule is CCn1c(-c2cccnc2[C@H](C)OC)c2c3cc(ccc31)-c1csc(n1)C[C@H](NC(=O)C(C(C)C)N(C)C(=O)[C@H]1CCN(C(=O)[C@@H]3N[C@@H]3C3CC3)C1)C(=O)N1CCC[C@H](N1)C(=O)OCC(C)(C)C2. The Hall–Kier alpha value is -5.23. The van der Waals surface area contributed by atoms with Crippen molar-refractivity contribution in [3.05, 3.63) is 58.2 Å². The molecule has 364 valence electrons. The normalized spacial score (nSPS) is 24.9. The van der Waals surface area contributed by atoms with Crippen molar-refractivity contribution in [1.82, 2.24) is 45.4 Å². The number of fused-ring (bicyclic) bond motifs is 6. The van der Waals surface area contributed by atoms with Crippen LogP contribution in [-0.4, -0.2) is 130 Å². The van der Waals surface area contributed by atoms with E-state index in [4.69, 9.17) is 19.4 Å². The van der Waals surface area contributed by atoms with E-state index in [9.17, 15) is 24.0 Å². The van der Waals surface area contributed by atoms with Gasteiger partial charge in [0.05, 0.1) is 40.7 Å². The number of aryl methyl sites for hydroxylation is 1. The van der Waals surface area contributed by atoms with Gasteiger partial charge in [0.1, 0.15) is 24.2 Å². The highest BCUT2D eigenvalue weighted by molar-refractivity contribution is 7.10. The highest BCUT2D eigenvalue weighted by atomic mass is 32.1. The Morgan fingerprint density at radius 1 is 1.09 bits per heavy atom. The second-order valence-corrected chi connectivity index (χ2v) is 21.6. The molecule has 1 aliphatic carbocycles. The molecule has 3 N–H and O–H groups in total. The summed E-state index contributed by atoms with van der Waals surface area (Å²) in [6.07, 6.45) is 6.06. The first-order valence-electron chi connectivity index (χ1n) is 24.5. The number of aromatic nitrogens is 3. The van der Waals surface area contributed by atoms with Crippen LogP contribution in [0.5, 0.6) is 0 Å². The van der Waals surface area contributed by atoms with E-state index in [1.54, 1.807) is 25.3 Å². The molecule has 1 aromatic carbocycles. The number of cyclic esters (lactones) is 1. The van der Waals surface area contributed by atoms with Gasteiger partial charge in [0.15, 0.2) is 0 Å². The monoisotopic (exact) mass is 949 g/mol. The summed E-state index contributed by atoms with van der Waals surface area (Å²) in [5.74, 6) is -1.62. The summed E-state index contributed by atoms with van der Waals surface area (Å²) in [5, 5.41) is 11.5. The number of hydrogen-bond acceptors (Lipinski definition) is 12. The number of hydrogen-bond donors (Lipinski definition) is 3. The third-order valence-corrected chi connectivity index (χ3v) is 15.6. The molecule has 5 aliphatic rings. The molecule has 4 fully saturated rings. The number of nitrogens with zero attached hydrogens (tertiary/aromatic N) is 6. The summed E-state index contributed by atoms with van der Waals surface area (Å²) in [5.41, 5.74) is 9.31. The quantitative estimate of drug-likeness (QED) is 0.131. The maximum atomic E-state index is 14.7. The summed E-state index contributed by atoms with van der Waals surface area (Å²) in [6.45, 7) is 14.1. The lowest BCUT2D eigenvalue weighted by Crippen LogP contribution is -2.62. The number of pyridine rings is 1. The van der Waals surface area contributed by atoms with Crippen LogP contribution in [0.4, 0.5) is 0 Å². The predicted octanol–water partition coefficient (Wildman–Crippen LogP) is 5.28. The van der Waals surface area contributed by atoms with Crippen LogP contribution < -0.4 is 16.1 Å². The summed E-state index contributed by atoms with van der Waals surface area (Å²) < 4.78 is 14.3. The third kappa shape index (κ3) is 9.55. The molecule has 68 heavy (non-hydrogen) atoms. The first kappa shape index (κ1) is 47.8. The maximum absolute atomic E-state index is 14.7. The molecule has 1 saturated carbocycles. The lowest BCUT2D eigenvalue weighted by Gasteiger charge is -2.36. The molecule has 4 aromatic rings. The van der Waals surface area contributed by atoms with Crippen LogP contribution >= 0.6 is 11.3 Å². The topological polar surface area (TPSA) is 190 Å². The number of thiazole rings is 1. The summed E-state index contributed by atoms with van der Waals surface area (Å²) in [7, 11) is 3.33. The maximum Gasteiger partial charge on any atom is 0.324 e. The van der Waals surface area contributed by atoms with Crippen LogP contribution in [0.25, 0.3) is 33.4 Å². The summed E-state index contributed by atoms with van der Waals surface area (Å²) in [4.78, 5) is 83.8. The minimum absolute atomic E-state index is 0.0564. The number of rotatable bonds is 11. The number of methoxy groups -OCH3 is 1. The van der Waals surface area contributed by atoms with E-state index in [0.717, 1.165) is 57.5 Å². The van der Waals surface area contributed by atoms with Gasteiger partial charge in [-0.2, -0.15) is 0 Å². The summed E-state index contributed by atoms with van der Waals surface area (Å²) >= 11 is 1.42. The second-order valence-electron chi connectivity index (χ2n) is 20.7. The van der Waals surface area contributed by atoms with Gasteiger partial charge in [-0.1, -0.05) is 33.8 Å². The van der Waals surface area contributed by atoms with Crippen LogP contribution in [0.15, 0.2) is 41.9 Å². The minimum atomic E-state index is -1.07. The fourth-order valence-electron chi connectivity index (χ4n) is 10.8. The van der Waals surface area contributed by atoms with Crippen molar-refractivity contribution in [3.8, 4) is 22.5 Å². The largest absolute Gasteiger partial charge is 0.464 e. The Morgan fingerprint density at radius 3 is 2.62 bits per heavy atom. The van der Waals surface area contributed by atoms with Crippen LogP contribution in [0.1, 0.15) is 96.0 Å². The third-order valence-electron chi connectivity index (χ3n) is 14.7. The molecule has 4 aliphatic heterocycles. The van der Waals surface area contributed by atoms with Crippen molar-refractivity contribution in [1.29, 1.82) is 0 Å². The van der Waals surface area contributed by atoms with Crippen LogP contribution in [-0.2, 0) is 52.8 Å². The molecular formula is C51H67N9O7S. The van der Waals surface area contributed by atoms with Gasteiger partial charge in [-0.15, -0.1) is 11.3 Å². The molecule has 17 heteroatoms. The molecule has 3 aromatic heterocycles. The summed E-state index contributed by atoms with van der Waals surface area (Å²) in [6, 6.07) is 7.78. The van der Waals surface area contributed by atoms with Crippen molar-refractivity contribution in [3.63, 3.8) is 0 Å². The van der Waals surface area contributed by atoms with E-state index >= 15 is 0 Å². The molecule has 9 rings (SSSR count). The van der Waals surface area contributed by atoms with Crippen LogP contribution in [0, 0.1) is 23.2 Å². The number of likely N-dealkylation sites (tertiary alicyclic amines) is 1. The minimum Gasteiger partial charge on any atom is -0.464 e. The number of benzene rings is 1. The fraction of sp³-hybridized carbons (Fsp3) is 0.588. The highest BCUT2D eigenvalue weighted by Crippen LogP contribution is 2.43. The molecule has 0 spiro atoms. The average molecular weight is 950 g/mol. The van der Waals surface area contributed by atoms with E-state index in [1.807, 2.05) is 32.2 Å². The van der Waals surface area contributed by atoms with Gasteiger partial charge < -0.3 is 29.2 Å². The van der Waals surface area contributed by atoms with Gasteiger partial charge >= 0.3 is 5.97 Å². The van der Waals surface area contributed by atoms with Gasteiger partial charge in [-0.05, 0) is 94.0 Å². The molecule has 0 radical (unpaired) electrons. The average Bonchev–Trinajstić information content (AvgIpc) is 4.21. The van der Waals surface area contributed by atoms with Crippen molar-refractivity contribution >= 4 is 51.8 Å². The molecule has 3 saturated heterocycles. The Morgan fingerprint density at radius 2 is 1.88 bits per heavy atom. The Balaban J connectivity index is 1.02. The second kappa shape index (κ2) is 19.3. The number of amides is 4. The smallest absolute Gasteiger partial charge is 0.324 e. The van der Waals surface area contributed by atoms with E-state index in [-0.39, 0.29) is 48.9 Å². The van der Waals surface area contributed by atoms with Crippen molar-refractivity contribution in [2.45, 2.75) is 129 Å². The van der Waals surface area contributed by atoms with Crippen LogP contribution in [0.3, 0.4) is 0 Å². The molecule has 7 heterocycles. The van der Waals surface area contributed by atoms with Crippen molar-refractivity contribution in [2.75, 3.05) is 40.4 Å². The zero-order valence-electron chi connectivity index (χ0n) is 40.7. The highest BCUT2D eigenvalue weighted by Gasteiger charge is 2.53. The first-order valence-corrected chi connectivity index (χ1v) is 25.4. The number of nitrogens with one attached hydrogen (secondary N) is 3. The lowest BCUT2D eigenvalue weighted by molar-refractivity contribution is -0.155. The molecule has 16 nitrogen and oxygen atoms in total. The van der Waals surface area contributed by atoms with Crippen molar-refractivity contribution in [2.24, 2.45) is 23.2 Å². The van der Waals surface area contributed by atoms with Gasteiger partial charge in [-0.25, -0.2) is 10.4 Å². The van der Waals surface area contributed by atoms with Gasteiger partial charge in [0.25, 0.3) is 5.91 Å². The number of carbonyl (C=O) groups excluding carboxylic acids is 5.